The molecule has 150 valence electrons. The Morgan fingerprint density at radius 1 is 1.00 bits per heavy atom. The van der Waals surface area contributed by atoms with E-state index < -0.39 is 12.0 Å². The van der Waals surface area contributed by atoms with Gasteiger partial charge in [-0.3, -0.25) is 5.32 Å². The van der Waals surface area contributed by atoms with Crippen molar-refractivity contribution in [2.24, 2.45) is 0 Å². The number of halogens is 1. The molecule has 1 heterocycles. The minimum atomic E-state index is -0.499. The first-order valence-electron chi connectivity index (χ1n) is 8.93. The number of esters is 1. The van der Waals surface area contributed by atoms with Gasteiger partial charge in [0, 0.05) is 21.2 Å². The molecule has 0 unspecified atom stereocenters. The highest BCUT2D eigenvalue weighted by Gasteiger charge is 2.25. The number of hydrogen-bond donors (Lipinski definition) is 2. The zero-order valence-electron chi connectivity index (χ0n) is 16.6. The largest absolute Gasteiger partial charge is 0.465 e. The van der Waals surface area contributed by atoms with E-state index in [1.807, 2.05) is 39.0 Å². The number of thiophene rings is 1. The summed E-state index contributed by atoms with van der Waals surface area (Å²) in [5.41, 5.74) is 4.86. The van der Waals surface area contributed by atoms with Gasteiger partial charge >= 0.3 is 12.0 Å². The third-order valence-electron chi connectivity index (χ3n) is 4.58. The number of amides is 2. The number of aryl methyl sites for hydroxylation is 3. The summed E-state index contributed by atoms with van der Waals surface area (Å²) in [4.78, 5) is 26.0. The average Bonchev–Trinajstić information content (AvgIpc) is 2.98. The second-order valence-corrected chi connectivity index (χ2v) is 8.28. The van der Waals surface area contributed by atoms with Crippen molar-refractivity contribution in [2.45, 2.75) is 20.8 Å². The van der Waals surface area contributed by atoms with E-state index in [0.29, 0.717) is 21.3 Å². The van der Waals surface area contributed by atoms with Gasteiger partial charge in [0.1, 0.15) is 10.6 Å². The summed E-state index contributed by atoms with van der Waals surface area (Å²) < 4.78 is 5.00. The molecule has 0 fully saturated rings. The smallest absolute Gasteiger partial charge is 0.341 e. The number of nitrogens with one attached hydrogen (secondary N) is 2. The molecule has 0 aliphatic carbocycles. The Morgan fingerprint density at radius 3 is 2.41 bits per heavy atom. The van der Waals surface area contributed by atoms with Crippen LogP contribution in [0.25, 0.3) is 11.1 Å². The summed E-state index contributed by atoms with van der Waals surface area (Å²) in [6, 6.07) is 12.4. The van der Waals surface area contributed by atoms with Crippen LogP contribution in [0.3, 0.4) is 0 Å². The lowest BCUT2D eigenvalue weighted by Crippen LogP contribution is -2.20. The molecule has 7 heteroatoms. The Bertz CT molecular complexity index is 1090. The minimum absolute atomic E-state index is 0.347. The van der Waals surface area contributed by atoms with Crippen LogP contribution < -0.4 is 10.6 Å². The van der Waals surface area contributed by atoms with E-state index in [-0.39, 0.29) is 0 Å². The Kier molecular flexibility index (Phi) is 6.25. The third-order valence-corrected chi connectivity index (χ3v) is 5.83. The van der Waals surface area contributed by atoms with Crippen LogP contribution in [0.1, 0.15) is 26.4 Å². The molecule has 0 aliphatic rings. The zero-order valence-corrected chi connectivity index (χ0v) is 18.1. The van der Waals surface area contributed by atoms with Crippen molar-refractivity contribution in [1.82, 2.24) is 0 Å². The van der Waals surface area contributed by atoms with E-state index in [4.69, 9.17) is 16.3 Å². The molecule has 5 nitrogen and oxygen atoms in total. The monoisotopic (exact) mass is 428 g/mol. The van der Waals surface area contributed by atoms with Gasteiger partial charge in [0.25, 0.3) is 0 Å². The molecule has 0 radical (unpaired) electrons. The summed E-state index contributed by atoms with van der Waals surface area (Å²) in [7, 11) is 1.33. The molecule has 3 aromatic rings. The number of benzene rings is 2. The Balaban J connectivity index is 1.97. The van der Waals surface area contributed by atoms with Crippen LogP contribution in [0.2, 0.25) is 5.02 Å². The molecule has 0 aliphatic heterocycles. The van der Waals surface area contributed by atoms with Crippen LogP contribution in [0.5, 0.6) is 0 Å². The first-order valence-corrected chi connectivity index (χ1v) is 10.1. The van der Waals surface area contributed by atoms with Gasteiger partial charge in [-0.05, 0) is 55.7 Å². The third kappa shape index (κ3) is 4.60. The molecule has 2 aromatic carbocycles. The van der Waals surface area contributed by atoms with Gasteiger partial charge in [0.05, 0.1) is 7.11 Å². The maximum absolute atomic E-state index is 12.6. The Morgan fingerprint density at radius 2 is 1.76 bits per heavy atom. The highest BCUT2D eigenvalue weighted by Crippen LogP contribution is 2.40. The Labute approximate surface area is 178 Å². The maximum Gasteiger partial charge on any atom is 0.341 e. The second-order valence-electron chi connectivity index (χ2n) is 6.62. The molecule has 1 aromatic heterocycles. The SMILES string of the molecule is COC(=O)c1c(NC(=O)Nc2cccc(Cl)c2)sc(C)c1-c1ccc(C)c(C)c1. The number of carbonyl (C=O) groups is 2. The second kappa shape index (κ2) is 8.68. The topological polar surface area (TPSA) is 67.4 Å². The average molecular weight is 429 g/mol. The molecule has 2 N–H and O–H groups in total. The van der Waals surface area contributed by atoms with Gasteiger partial charge < -0.3 is 10.1 Å². The van der Waals surface area contributed by atoms with E-state index in [0.717, 1.165) is 21.6 Å². The number of rotatable bonds is 4. The van der Waals surface area contributed by atoms with Crippen LogP contribution in [0.15, 0.2) is 42.5 Å². The molecule has 0 saturated heterocycles. The first kappa shape index (κ1) is 20.9. The molecule has 2 amide bonds. The van der Waals surface area contributed by atoms with Gasteiger partial charge in [-0.15, -0.1) is 11.3 Å². The summed E-state index contributed by atoms with van der Waals surface area (Å²) in [6.45, 7) is 5.98. The molecule has 3 rings (SSSR count). The number of carbonyl (C=O) groups excluding carboxylic acids is 2. The van der Waals surface area contributed by atoms with Crippen LogP contribution >= 0.6 is 22.9 Å². The molecular formula is C22H21ClN2O3S. The fraction of sp³-hybridized carbons (Fsp3) is 0.182. The van der Waals surface area contributed by atoms with E-state index in [1.54, 1.807) is 24.3 Å². The predicted molar refractivity (Wildman–Crippen MR) is 119 cm³/mol. The van der Waals surface area contributed by atoms with Gasteiger partial charge in [-0.25, -0.2) is 9.59 Å². The lowest BCUT2D eigenvalue weighted by Gasteiger charge is -2.10. The predicted octanol–water partition coefficient (Wildman–Crippen LogP) is 6.42. The standard InChI is InChI=1S/C22H21ClN2O3S/c1-12-8-9-15(10-13(12)2)18-14(3)29-20(19(18)21(26)28-4)25-22(27)24-17-7-5-6-16(23)11-17/h5-11H,1-4H3,(H2,24,25,27). The lowest BCUT2D eigenvalue weighted by molar-refractivity contribution is 0.0603. The number of methoxy groups -OCH3 is 1. The molecule has 0 atom stereocenters. The number of ether oxygens (including phenoxy) is 1. The van der Waals surface area contributed by atoms with Crippen molar-refractivity contribution in [2.75, 3.05) is 17.7 Å². The highest BCUT2D eigenvalue weighted by atomic mass is 35.5. The van der Waals surface area contributed by atoms with Gasteiger partial charge in [0.15, 0.2) is 0 Å². The van der Waals surface area contributed by atoms with Crippen LogP contribution in [0, 0.1) is 20.8 Å². The summed E-state index contributed by atoms with van der Waals surface area (Å²) >= 11 is 7.29. The summed E-state index contributed by atoms with van der Waals surface area (Å²) in [5, 5.41) is 6.44. The highest BCUT2D eigenvalue weighted by molar-refractivity contribution is 7.17. The van der Waals surface area contributed by atoms with Crippen LogP contribution in [-0.4, -0.2) is 19.1 Å². The van der Waals surface area contributed by atoms with E-state index >= 15 is 0 Å². The van der Waals surface area contributed by atoms with Crippen molar-refractivity contribution < 1.29 is 14.3 Å². The fourth-order valence-electron chi connectivity index (χ4n) is 3.01. The number of anilines is 2. The summed E-state index contributed by atoms with van der Waals surface area (Å²) in [6.07, 6.45) is 0. The van der Waals surface area contributed by atoms with Crippen molar-refractivity contribution in [3.8, 4) is 11.1 Å². The van der Waals surface area contributed by atoms with Gasteiger partial charge in [-0.2, -0.15) is 0 Å². The number of urea groups is 1. The fourth-order valence-corrected chi connectivity index (χ4v) is 4.26. The lowest BCUT2D eigenvalue weighted by atomic mass is 9.97. The van der Waals surface area contributed by atoms with Crippen molar-refractivity contribution >= 4 is 45.6 Å². The van der Waals surface area contributed by atoms with Gasteiger partial charge in [-0.1, -0.05) is 35.9 Å². The van der Waals surface area contributed by atoms with Crippen LogP contribution in [-0.2, 0) is 4.74 Å². The van der Waals surface area contributed by atoms with Crippen molar-refractivity contribution in [1.29, 1.82) is 0 Å². The van der Waals surface area contributed by atoms with Crippen LogP contribution in [0.4, 0.5) is 15.5 Å². The molecule has 0 spiro atoms. The number of hydrogen-bond acceptors (Lipinski definition) is 4. The maximum atomic E-state index is 12.6. The zero-order chi connectivity index (χ0) is 21.1. The van der Waals surface area contributed by atoms with Crippen molar-refractivity contribution in [3.63, 3.8) is 0 Å². The normalized spacial score (nSPS) is 10.5. The molecule has 29 heavy (non-hydrogen) atoms. The molecule has 0 bridgehead atoms. The van der Waals surface area contributed by atoms with E-state index in [9.17, 15) is 9.59 Å². The minimum Gasteiger partial charge on any atom is -0.465 e. The summed E-state index contributed by atoms with van der Waals surface area (Å²) in [5.74, 6) is -0.499. The van der Waals surface area contributed by atoms with Gasteiger partial charge in [0.2, 0.25) is 0 Å². The first-order chi connectivity index (χ1) is 13.8. The molecular weight excluding hydrogens is 408 g/mol. The molecule has 0 saturated carbocycles. The van der Waals surface area contributed by atoms with E-state index in [1.165, 1.54) is 24.0 Å². The van der Waals surface area contributed by atoms with Crippen molar-refractivity contribution in [3.05, 3.63) is 69.1 Å². The quantitative estimate of drug-likeness (QED) is 0.471. The van der Waals surface area contributed by atoms with E-state index in [2.05, 4.69) is 10.6 Å². The Hall–Kier alpha value is -2.83.